The van der Waals surface area contributed by atoms with Gasteiger partial charge in [0.05, 0.1) is 17.4 Å². The van der Waals surface area contributed by atoms with E-state index in [1.54, 1.807) is 12.1 Å². The lowest BCUT2D eigenvalue weighted by Gasteiger charge is -2.09. The van der Waals surface area contributed by atoms with Gasteiger partial charge >= 0.3 is 0 Å². The number of aromatic nitrogens is 1. The van der Waals surface area contributed by atoms with Gasteiger partial charge in [0, 0.05) is 8.04 Å². The zero-order chi connectivity index (χ0) is 14.0. The van der Waals surface area contributed by atoms with E-state index < -0.39 is 0 Å². The molecule has 0 radical (unpaired) electrons. The summed E-state index contributed by atoms with van der Waals surface area (Å²) in [7, 11) is 0. The largest absolute Gasteiger partial charge is 0.397 e. The van der Waals surface area contributed by atoms with E-state index in [4.69, 9.17) is 5.73 Å². The summed E-state index contributed by atoms with van der Waals surface area (Å²) in [5, 5.41) is 2.79. The summed E-state index contributed by atoms with van der Waals surface area (Å²) in [6.07, 6.45) is 1.52. The van der Waals surface area contributed by atoms with E-state index in [0.717, 1.165) is 13.6 Å². The fourth-order valence-electron chi connectivity index (χ4n) is 1.57. The first-order valence-corrected chi connectivity index (χ1v) is 7.33. The number of nitrogen functional groups attached to an aromatic ring is 1. The minimum atomic E-state index is -0.189. The van der Waals surface area contributed by atoms with Crippen molar-refractivity contribution < 1.29 is 4.79 Å². The standard InChI is InChI=1S/C13H11BrIN3O/c1-7-4-9(16)6-17-12(7)18-13(19)10-5-8(14)2-3-11(10)15/h2-6H,16H2,1H3,(H,17,18,19). The molecule has 0 saturated carbocycles. The Balaban J connectivity index is 2.28. The maximum Gasteiger partial charge on any atom is 0.257 e. The summed E-state index contributed by atoms with van der Waals surface area (Å²) in [5.74, 6) is 0.334. The molecule has 3 N–H and O–H groups in total. The first kappa shape index (κ1) is 14.3. The summed E-state index contributed by atoms with van der Waals surface area (Å²) in [6.45, 7) is 1.85. The van der Waals surface area contributed by atoms with Gasteiger partial charge in [0.15, 0.2) is 0 Å². The fourth-order valence-corrected chi connectivity index (χ4v) is 2.52. The number of carbonyl (C=O) groups excluding carboxylic acids is 1. The van der Waals surface area contributed by atoms with Crippen LogP contribution in [0.3, 0.4) is 0 Å². The number of carbonyl (C=O) groups is 1. The molecule has 0 aliphatic carbocycles. The third-order valence-corrected chi connectivity index (χ3v) is 3.94. The SMILES string of the molecule is Cc1cc(N)cnc1NC(=O)c1cc(Br)ccc1I. The van der Waals surface area contributed by atoms with E-state index in [1.165, 1.54) is 6.20 Å². The number of nitrogens with zero attached hydrogens (tertiary/aromatic N) is 1. The van der Waals surface area contributed by atoms with Gasteiger partial charge in [-0.25, -0.2) is 4.98 Å². The second kappa shape index (κ2) is 5.87. The molecule has 0 aliphatic rings. The molecule has 0 aliphatic heterocycles. The summed E-state index contributed by atoms with van der Waals surface area (Å²) < 4.78 is 1.74. The van der Waals surface area contributed by atoms with Gasteiger partial charge in [0.1, 0.15) is 5.82 Å². The number of amides is 1. The molecular formula is C13H11BrIN3O. The van der Waals surface area contributed by atoms with E-state index in [1.807, 2.05) is 19.1 Å². The first-order chi connectivity index (χ1) is 8.97. The van der Waals surface area contributed by atoms with Crippen LogP contribution >= 0.6 is 38.5 Å². The van der Waals surface area contributed by atoms with Gasteiger partial charge in [0.25, 0.3) is 5.91 Å². The number of nitrogens with two attached hydrogens (primary N) is 1. The predicted octanol–water partition coefficient (Wildman–Crippen LogP) is 3.59. The molecule has 19 heavy (non-hydrogen) atoms. The number of hydrogen-bond donors (Lipinski definition) is 2. The summed E-state index contributed by atoms with van der Waals surface area (Å²) in [4.78, 5) is 16.3. The third kappa shape index (κ3) is 3.44. The van der Waals surface area contributed by atoms with Crippen LogP contribution < -0.4 is 11.1 Å². The van der Waals surface area contributed by atoms with Gasteiger partial charge in [0.2, 0.25) is 0 Å². The molecule has 0 bridgehead atoms. The van der Waals surface area contributed by atoms with Crippen LogP contribution in [0.4, 0.5) is 11.5 Å². The Morgan fingerprint density at radius 1 is 1.42 bits per heavy atom. The lowest BCUT2D eigenvalue weighted by Crippen LogP contribution is -2.15. The fraction of sp³-hybridized carbons (Fsp3) is 0.0769. The van der Waals surface area contributed by atoms with E-state index >= 15 is 0 Å². The van der Waals surface area contributed by atoms with Crippen LogP contribution in [0.1, 0.15) is 15.9 Å². The van der Waals surface area contributed by atoms with Crippen LogP contribution in [-0.4, -0.2) is 10.9 Å². The molecule has 0 fully saturated rings. The molecule has 0 saturated heterocycles. The van der Waals surface area contributed by atoms with Crippen LogP contribution in [0.25, 0.3) is 0 Å². The molecule has 6 heteroatoms. The van der Waals surface area contributed by atoms with Crippen molar-refractivity contribution in [1.82, 2.24) is 4.98 Å². The van der Waals surface area contributed by atoms with Crippen molar-refractivity contribution in [2.75, 3.05) is 11.1 Å². The van der Waals surface area contributed by atoms with Crippen molar-refractivity contribution in [2.45, 2.75) is 6.92 Å². The number of anilines is 2. The van der Waals surface area contributed by atoms with Gasteiger partial charge < -0.3 is 11.1 Å². The van der Waals surface area contributed by atoms with Gasteiger partial charge in [-0.2, -0.15) is 0 Å². The van der Waals surface area contributed by atoms with Gasteiger partial charge in [-0.05, 0) is 59.3 Å². The average molecular weight is 432 g/mol. The quantitative estimate of drug-likeness (QED) is 0.714. The number of rotatable bonds is 2. The second-order valence-electron chi connectivity index (χ2n) is 4.01. The van der Waals surface area contributed by atoms with Crippen LogP contribution in [-0.2, 0) is 0 Å². The van der Waals surface area contributed by atoms with Crippen molar-refractivity contribution >= 4 is 55.9 Å². The van der Waals surface area contributed by atoms with Crippen LogP contribution in [0.5, 0.6) is 0 Å². The van der Waals surface area contributed by atoms with Gasteiger partial charge in [-0.1, -0.05) is 15.9 Å². The average Bonchev–Trinajstić information content (AvgIpc) is 2.35. The zero-order valence-electron chi connectivity index (χ0n) is 10.1. The number of aryl methyl sites for hydroxylation is 1. The Kier molecular flexibility index (Phi) is 4.41. The van der Waals surface area contributed by atoms with Crippen molar-refractivity contribution in [2.24, 2.45) is 0 Å². The highest BCUT2D eigenvalue weighted by Gasteiger charge is 2.12. The van der Waals surface area contributed by atoms with E-state index in [-0.39, 0.29) is 5.91 Å². The Hall–Kier alpha value is -1.15. The number of hydrogen-bond acceptors (Lipinski definition) is 3. The van der Waals surface area contributed by atoms with Crippen LogP contribution in [0.15, 0.2) is 34.9 Å². The maximum absolute atomic E-state index is 12.2. The molecule has 2 aromatic rings. The second-order valence-corrected chi connectivity index (χ2v) is 6.09. The van der Waals surface area contributed by atoms with Crippen LogP contribution in [0, 0.1) is 10.5 Å². The third-order valence-electron chi connectivity index (χ3n) is 2.50. The van der Waals surface area contributed by atoms with Gasteiger partial charge in [-0.3, -0.25) is 4.79 Å². The lowest BCUT2D eigenvalue weighted by molar-refractivity contribution is 0.102. The Labute approximate surface area is 133 Å². The highest BCUT2D eigenvalue weighted by molar-refractivity contribution is 14.1. The van der Waals surface area contributed by atoms with E-state index in [0.29, 0.717) is 17.1 Å². The van der Waals surface area contributed by atoms with Gasteiger partial charge in [-0.15, -0.1) is 0 Å². The minimum Gasteiger partial charge on any atom is -0.397 e. The Morgan fingerprint density at radius 3 is 2.84 bits per heavy atom. The molecule has 98 valence electrons. The molecule has 1 heterocycles. The molecule has 1 amide bonds. The van der Waals surface area contributed by atoms with Crippen molar-refractivity contribution in [3.8, 4) is 0 Å². The molecule has 0 spiro atoms. The van der Waals surface area contributed by atoms with Crippen LogP contribution in [0.2, 0.25) is 0 Å². The molecule has 0 unspecified atom stereocenters. The highest BCUT2D eigenvalue weighted by atomic mass is 127. The molecule has 2 rings (SSSR count). The van der Waals surface area contributed by atoms with Crippen molar-refractivity contribution in [1.29, 1.82) is 0 Å². The van der Waals surface area contributed by atoms with Crippen molar-refractivity contribution in [3.63, 3.8) is 0 Å². The smallest absolute Gasteiger partial charge is 0.257 e. The summed E-state index contributed by atoms with van der Waals surface area (Å²) in [6, 6.07) is 7.33. The number of benzene rings is 1. The van der Waals surface area contributed by atoms with Crippen molar-refractivity contribution in [3.05, 3.63) is 49.6 Å². The minimum absolute atomic E-state index is 0.189. The Bertz CT molecular complexity index is 646. The maximum atomic E-state index is 12.2. The number of nitrogens with one attached hydrogen (secondary N) is 1. The molecule has 0 atom stereocenters. The Morgan fingerprint density at radius 2 is 2.16 bits per heavy atom. The molecule has 1 aromatic heterocycles. The first-order valence-electron chi connectivity index (χ1n) is 5.46. The molecule has 4 nitrogen and oxygen atoms in total. The summed E-state index contributed by atoms with van der Waals surface area (Å²) in [5.41, 5.74) is 7.64. The predicted molar refractivity (Wildman–Crippen MR) is 88.2 cm³/mol. The summed E-state index contributed by atoms with van der Waals surface area (Å²) >= 11 is 5.49. The zero-order valence-corrected chi connectivity index (χ0v) is 13.8. The number of halogens is 2. The topological polar surface area (TPSA) is 68.0 Å². The van der Waals surface area contributed by atoms with E-state index in [9.17, 15) is 4.79 Å². The molecule has 1 aromatic carbocycles. The van der Waals surface area contributed by atoms with E-state index in [2.05, 4.69) is 48.8 Å². The lowest BCUT2D eigenvalue weighted by atomic mass is 10.2. The number of pyridine rings is 1. The monoisotopic (exact) mass is 431 g/mol. The normalized spacial score (nSPS) is 10.3. The molecular weight excluding hydrogens is 421 g/mol. The highest BCUT2D eigenvalue weighted by Crippen LogP contribution is 2.20.